The van der Waals surface area contributed by atoms with E-state index in [2.05, 4.69) is 10.3 Å². The summed E-state index contributed by atoms with van der Waals surface area (Å²) in [6.45, 7) is 1.91. The van der Waals surface area contributed by atoms with Crippen molar-refractivity contribution in [3.8, 4) is 5.69 Å². The molecule has 6 nitrogen and oxygen atoms in total. The van der Waals surface area contributed by atoms with E-state index in [1.807, 2.05) is 35.0 Å². The molecule has 1 aliphatic heterocycles. The SMILES string of the molecule is O=C(/C=C/c1ccc(-n2ccnc2)cc1)NCC1(CCO)CCOC1. The van der Waals surface area contributed by atoms with Gasteiger partial charge in [-0.25, -0.2) is 4.98 Å². The highest BCUT2D eigenvalue weighted by atomic mass is 16.5. The molecule has 2 heterocycles. The van der Waals surface area contributed by atoms with Gasteiger partial charge < -0.3 is 19.7 Å². The summed E-state index contributed by atoms with van der Waals surface area (Å²) in [6.07, 6.45) is 10.2. The molecule has 2 N–H and O–H groups in total. The highest BCUT2D eigenvalue weighted by Crippen LogP contribution is 2.31. The molecule has 6 heteroatoms. The number of nitrogens with zero attached hydrogens (tertiary/aromatic N) is 2. The summed E-state index contributed by atoms with van der Waals surface area (Å²) >= 11 is 0. The van der Waals surface area contributed by atoms with E-state index >= 15 is 0 Å². The number of aliphatic hydroxyl groups is 1. The van der Waals surface area contributed by atoms with E-state index in [0.29, 0.717) is 26.2 Å². The lowest BCUT2D eigenvalue weighted by Crippen LogP contribution is -2.38. The topological polar surface area (TPSA) is 76.4 Å². The van der Waals surface area contributed by atoms with Gasteiger partial charge in [0, 0.05) is 49.3 Å². The van der Waals surface area contributed by atoms with Gasteiger partial charge >= 0.3 is 0 Å². The highest BCUT2D eigenvalue weighted by molar-refractivity contribution is 5.91. The van der Waals surface area contributed by atoms with Crippen molar-refractivity contribution in [1.82, 2.24) is 14.9 Å². The first-order valence-corrected chi connectivity index (χ1v) is 8.44. The number of aliphatic hydroxyl groups excluding tert-OH is 1. The van der Waals surface area contributed by atoms with Crippen molar-refractivity contribution < 1.29 is 14.6 Å². The zero-order valence-corrected chi connectivity index (χ0v) is 14.1. The molecule has 2 aromatic rings. The van der Waals surface area contributed by atoms with Gasteiger partial charge in [0.15, 0.2) is 0 Å². The van der Waals surface area contributed by atoms with Crippen LogP contribution in [0.3, 0.4) is 0 Å². The molecular formula is C19H23N3O3. The zero-order chi connectivity index (χ0) is 17.5. The number of benzene rings is 1. The Kier molecular flexibility index (Phi) is 5.63. The van der Waals surface area contributed by atoms with Crippen molar-refractivity contribution in [3.05, 3.63) is 54.6 Å². The molecule has 0 bridgehead atoms. The van der Waals surface area contributed by atoms with E-state index in [0.717, 1.165) is 17.7 Å². The third-order valence-electron chi connectivity index (χ3n) is 4.59. The van der Waals surface area contributed by atoms with Crippen LogP contribution in [-0.4, -0.2) is 46.9 Å². The molecule has 0 spiro atoms. The smallest absolute Gasteiger partial charge is 0.244 e. The van der Waals surface area contributed by atoms with Crippen LogP contribution in [0.25, 0.3) is 11.8 Å². The molecule has 0 radical (unpaired) electrons. The van der Waals surface area contributed by atoms with E-state index < -0.39 is 0 Å². The van der Waals surface area contributed by atoms with Crippen molar-refractivity contribution in [2.45, 2.75) is 12.8 Å². The predicted molar refractivity (Wildman–Crippen MR) is 95.2 cm³/mol. The fourth-order valence-electron chi connectivity index (χ4n) is 2.99. The number of carbonyl (C=O) groups excluding carboxylic acids is 1. The third-order valence-corrected chi connectivity index (χ3v) is 4.59. The fraction of sp³-hybridized carbons (Fsp3) is 0.368. The molecule has 3 rings (SSSR count). The summed E-state index contributed by atoms with van der Waals surface area (Å²) in [5, 5.41) is 12.1. The monoisotopic (exact) mass is 341 g/mol. The summed E-state index contributed by atoms with van der Waals surface area (Å²) in [5.74, 6) is -0.136. The molecule has 25 heavy (non-hydrogen) atoms. The maximum atomic E-state index is 12.1. The third kappa shape index (κ3) is 4.55. The first kappa shape index (κ1) is 17.4. The van der Waals surface area contributed by atoms with Crippen molar-refractivity contribution in [3.63, 3.8) is 0 Å². The number of nitrogens with one attached hydrogen (secondary N) is 1. The Morgan fingerprint density at radius 3 is 2.88 bits per heavy atom. The van der Waals surface area contributed by atoms with E-state index in [-0.39, 0.29) is 17.9 Å². The number of hydrogen-bond donors (Lipinski definition) is 2. The Morgan fingerprint density at radius 1 is 1.40 bits per heavy atom. The van der Waals surface area contributed by atoms with Crippen LogP contribution in [-0.2, 0) is 9.53 Å². The number of rotatable bonds is 7. The average Bonchev–Trinajstić information content (AvgIpc) is 3.32. The summed E-state index contributed by atoms with van der Waals surface area (Å²) in [4.78, 5) is 16.1. The number of aromatic nitrogens is 2. The second-order valence-electron chi connectivity index (χ2n) is 6.39. The fourth-order valence-corrected chi connectivity index (χ4v) is 2.99. The number of amides is 1. The van der Waals surface area contributed by atoms with Crippen molar-refractivity contribution in [1.29, 1.82) is 0 Å². The van der Waals surface area contributed by atoms with E-state index in [1.54, 1.807) is 18.6 Å². The van der Waals surface area contributed by atoms with Gasteiger partial charge in [-0.1, -0.05) is 12.1 Å². The summed E-state index contributed by atoms with van der Waals surface area (Å²) in [5.41, 5.74) is 1.84. The molecule has 132 valence electrons. The predicted octanol–water partition coefficient (Wildman–Crippen LogP) is 1.79. The zero-order valence-electron chi connectivity index (χ0n) is 14.1. The Balaban J connectivity index is 1.53. The van der Waals surface area contributed by atoms with Gasteiger partial charge in [-0.2, -0.15) is 0 Å². The van der Waals surface area contributed by atoms with Crippen LogP contribution >= 0.6 is 0 Å². The maximum Gasteiger partial charge on any atom is 0.244 e. The lowest BCUT2D eigenvalue weighted by Gasteiger charge is -2.26. The lowest BCUT2D eigenvalue weighted by atomic mass is 9.84. The van der Waals surface area contributed by atoms with E-state index in [4.69, 9.17) is 4.74 Å². The van der Waals surface area contributed by atoms with Gasteiger partial charge in [0.1, 0.15) is 0 Å². The second-order valence-corrected chi connectivity index (χ2v) is 6.39. The number of hydrogen-bond acceptors (Lipinski definition) is 4. The molecule has 1 atom stereocenters. The molecule has 1 aliphatic rings. The molecule has 1 fully saturated rings. The molecule has 0 saturated carbocycles. The minimum absolute atomic E-state index is 0.109. The van der Waals surface area contributed by atoms with Crippen molar-refractivity contribution >= 4 is 12.0 Å². The van der Waals surface area contributed by atoms with E-state index in [1.165, 1.54) is 6.08 Å². The van der Waals surface area contributed by atoms with Gasteiger partial charge in [0.2, 0.25) is 5.91 Å². The molecule has 1 amide bonds. The van der Waals surface area contributed by atoms with Crippen LogP contribution < -0.4 is 5.32 Å². The quantitative estimate of drug-likeness (QED) is 0.753. The van der Waals surface area contributed by atoms with Gasteiger partial charge in [-0.3, -0.25) is 4.79 Å². The van der Waals surface area contributed by atoms with Gasteiger partial charge in [-0.15, -0.1) is 0 Å². The minimum Gasteiger partial charge on any atom is -0.396 e. The summed E-state index contributed by atoms with van der Waals surface area (Å²) in [7, 11) is 0. The van der Waals surface area contributed by atoms with Gasteiger partial charge in [0.05, 0.1) is 12.9 Å². The molecule has 1 aromatic heterocycles. The number of ether oxygens (including phenoxy) is 1. The second kappa shape index (κ2) is 8.09. The number of imidazole rings is 1. The molecule has 1 aromatic carbocycles. The Labute approximate surface area is 147 Å². The Hall–Kier alpha value is -2.44. The lowest BCUT2D eigenvalue weighted by molar-refractivity contribution is -0.117. The average molecular weight is 341 g/mol. The van der Waals surface area contributed by atoms with E-state index in [9.17, 15) is 9.90 Å². The molecule has 1 saturated heterocycles. The number of carbonyl (C=O) groups is 1. The van der Waals surface area contributed by atoms with Crippen molar-refractivity contribution in [2.75, 3.05) is 26.4 Å². The molecule has 1 unspecified atom stereocenters. The first-order valence-electron chi connectivity index (χ1n) is 8.44. The minimum atomic E-state index is -0.136. The van der Waals surface area contributed by atoms with Crippen LogP contribution in [0.1, 0.15) is 18.4 Å². The molecule has 0 aliphatic carbocycles. The van der Waals surface area contributed by atoms with Crippen LogP contribution in [0, 0.1) is 5.41 Å². The van der Waals surface area contributed by atoms with Crippen LogP contribution in [0.15, 0.2) is 49.1 Å². The first-order chi connectivity index (χ1) is 12.2. The van der Waals surface area contributed by atoms with Gasteiger partial charge in [-0.05, 0) is 36.6 Å². The summed E-state index contributed by atoms with van der Waals surface area (Å²) < 4.78 is 7.35. The maximum absolute atomic E-state index is 12.1. The normalized spacial score (nSPS) is 20.2. The van der Waals surface area contributed by atoms with Crippen LogP contribution in [0.5, 0.6) is 0 Å². The molecular weight excluding hydrogens is 318 g/mol. The van der Waals surface area contributed by atoms with Crippen LogP contribution in [0.2, 0.25) is 0 Å². The highest BCUT2D eigenvalue weighted by Gasteiger charge is 2.34. The largest absolute Gasteiger partial charge is 0.396 e. The van der Waals surface area contributed by atoms with Gasteiger partial charge in [0.25, 0.3) is 0 Å². The standard InChI is InChI=1S/C19H23N3O3/c23-11-7-19(8-12-25-14-19)13-21-18(24)6-3-16-1-4-17(5-2-16)22-10-9-20-15-22/h1-6,9-10,15,23H,7-8,11-14H2,(H,21,24)/b6-3+. The Bertz CT molecular complexity index is 702. The Morgan fingerprint density at radius 2 is 2.24 bits per heavy atom. The summed E-state index contributed by atoms with van der Waals surface area (Å²) in [6, 6.07) is 7.87. The van der Waals surface area contributed by atoms with Crippen LogP contribution in [0.4, 0.5) is 0 Å². The van der Waals surface area contributed by atoms with Crippen molar-refractivity contribution in [2.24, 2.45) is 5.41 Å².